The third-order valence-electron chi connectivity index (χ3n) is 6.06. The molecule has 2 aromatic rings. The third kappa shape index (κ3) is 3.35. The molecule has 4 rings (SSSR count). The number of hydrogen-bond acceptors (Lipinski definition) is 6. The number of hydrogen-bond donors (Lipinski definition) is 1. The molecular weight excluding hydrogens is 358 g/mol. The van der Waals surface area contributed by atoms with E-state index in [4.69, 9.17) is 9.26 Å². The molecule has 152 valence electrons. The van der Waals surface area contributed by atoms with E-state index in [0.29, 0.717) is 12.5 Å². The summed E-state index contributed by atoms with van der Waals surface area (Å²) in [5.74, 6) is 1.31. The van der Waals surface area contributed by atoms with Crippen LogP contribution in [0.1, 0.15) is 55.4 Å². The maximum Gasteiger partial charge on any atom is 0.249 e. The summed E-state index contributed by atoms with van der Waals surface area (Å²) in [6, 6.07) is 2.05. The molecule has 1 amide bonds. The highest BCUT2D eigenvalue weighted by molar-refractivity contribution is 5.79. The third-order valence-corrected chi connectivity index (χ3v) is 6.06. The van der Waals surface area contributed by atoms with Crippen LogP contribution in [0.5, 0.6) is 0 Å². The molecule has 4 heterocycles. The molecule has 0 saturated carbocycles. The van der Waals surface area contributed by atoms with Gasteiger partial charge < -0.3 is 19.1 Å². The van der Waals surface area contributed by atoms with Crippen molar-refractivity contribution in [2.24, 2.45) is 0 Å². The maximum absolute atomic E-state index is 12.8. The number of carbonyl (C=O) groups excluding carboxylic acids is 1. The Kier molecular flexibility index (Phi) is 5.25. The lowest BCUT2D eigenvalue weighted by atomic mass is 9.78. The van der Waals surface area contributed by atoms with E-state index in [1.54, 1.807) is 13.4 Å². The van der Waals surface area contributed by atoms with Crippen molar-refractivity contribution >= 4 is 5.91 Å². The molecule has 0 aliphatic carbocycles. The van der Waals surface area contributed by atoms with E-state index < -0.39 is 0 Å². The summed E-state index contributed by atoms with van der Waals surface area (Å²) < 4.78 is 10.6. The number of piperidine rings is 1. The second-order valence-corrected chi connectivity index (χ2v) is 8.14. The molecule has 0 radical (unpaired) electrons. The molecule has 1 saturated heterocycles. The second kappa shape index (κ2) is 7.67. The molecule has 1 spiro atoms. The normalized spacial score (nSPS) is 19.4. The number of ether oxygens (including phenoxy) is 1. The van der Waals surface area contributed by atoms with Crippen molar-refractivity contribution in [3.63, 3.8) is 0 Å². The Hall–Kier alpha value is -2.19. The summed E-state index contributed by atoms with van der Waals surface area (Å²) in [5.41, 5.74) is 2.84. The van der Waals surface area contributed by atoms with Crippen LogP contribution in [0.4, 0.5) is 0 Å². The lowest BCUT2D eigenvalue weighted by Gasteiger charge is -2.50. The molecule has 8 nitrogen and oxygen atoms in total. The number of H-pyrrole nitrogens is 1. The van der Waals surface area contributed by atoms with Gasteiger partial charge in [-0.25, -0.2) is 4.98 Å². The number of aromatic amines is 1. The van der Waals surface area contributed by atoms with Gasteiger partial charge in [0.2, 0.25) is 5.91 Å². The largest absolute Gasteiger partial charge is 0.375 e. The minimum Gasteiger partial charge on any atom is -0.375 e. The minimum atomic E-state index is -0.343. The SMILES string of the molecule is COCC(=O)N1CCc2[nH]cnc2C12CCN(Cc1cc(C(C)C)no1)CC2. The van der Waals surface area contributed by atoms with Crippen LogP contribution in [0.2, 0.25) is 0 Å². The van der Waals surface area contributed by atoms with Crippen molar-refractivity contribution < 1.29 is 14.1 Å². The first-order valence-electron chi connectivity index (χ1n) is 10.0. The van der Waals surface area contributed by atoms with Gasteiger partial charge in [0.15, 0.2) is 5.76 Å². The van der Waals surface area contributed by atoms with Gasteiger partial charge >= 0.3 is 0 Å². The summed E-state index contributed by atoms with van der Waals surface area (Å²) in [5, 5.41) is 4.16. The Balaban J connectivity index is 1.50. The summed E-state index contributed by atoms with van der Waals surface area (Å²) in [7, 11) is 1.57. The number of nitrogens with one attached hydrogen (secondary N) is 1. The summed E-state index contributed by atoms with van der Waals surface area (Å²) in [6.45, 7) is 7.54. The molecule has 0 unspecified atom stereocenters. The molecule has 2 aliphatic rings. The predicted octanol–water partition coefficient (Wildman–Crippen LogP) is 2.04. The van der Waals surface area contributed by atoms with Gasteiger partial charge in [0.05, 0.1) is 29.8 Å². The van der Waals surface area contributed by atoms with Crippen molar-refractivity contribution in [3.8, 4) is 0 Å². The van der Waals surface area contributed by atoms with Crippen LogP contribution in [0.25, 0.3) is 0 Å². The Bertz CT molecular complexity index is 819. The molecule has 0 bridgehead atoms. The fourth-order valence-electron chi connectivity index (χ4n) is 4.53. The first-order valence-corrected chi connectivity index (χ1v) is 10.0. The van der Waals surface area contributed by atoms with Crippen molar-refractivity contribution in [3.05, 3.63) is 35.2 Å². The molecule has 28 heavy (non-hydrogen) atoms. The monoisotopic (exact) mass is 387 g/mol. The van der Waals surface area contributed by atoms with Crippen LogP contribution >= 0.6 is 0 Å². The lowest BCUT2D eigenvalue weighted by molar-refractivity contribution is -0.146. The Morgan fingerprint density at radius 1 is 1.36 bits per heavy atom. The highest BCUT2D eigenvalue weighted by Gasteiger charge is 2.48. The molecule has 1 fully saturated rings. The van der Waals surface area contributed by atoms with Gasteiger partial charge in [-0.3, -0.25) is 9.69 Å². The van der Waals surface area contributed by atoms with Crippen LogP contribution in [-0.4, -0.2) is 64.2 Å². The van der Waals surface area contributed by atoms with Gasteiger partial charge in [-0.15, -0.1) is 0 Å². The minimum absolute atomic E-state index is 0.0430. The van der Waals surface area contributed by atoms with E-state index in [2.05, 4.69) is 39.9 Å². The number of rotatable bonds is 5. The molecule has 1 N–H and O–H groups in total. The Labute approximate surface area is 165 Å². The van der Waals surface area contributed by atoms with Gasteiger partial charge in [-0.1, -0.05) is 19.0 Å². The molecule has 2 aliphatic heterocycles. The van der Waals surface area contributed by atoms with E-state index in [1.165, 1.54) is 0 Å². The van der Waals surface area contributed by atoms with E-state index in [9.17, 15) is 4.79 Å². The van der Waals surface area contributed by atoms with Crippen molar-refractivity contribution in [2.75, 3.05) is 33.4 Å². The smallest absolute Gasteiger partial charge is 0.249 e. The van der Waals surface area contributed by atoms with E-state index in [-0.39, 0.29) is 18.1 Å². The zero-order valence-electron chi connectivity index (χ0n) is 16.9. The fourth-order valence-corrected chi connectivity index (χ4v) is 4.53. The number of aromatic nitrogens is 3. The maximum atomic E-state index is 12.8. The van der Waals surface area contributed by atoms with Crippen LogP contribution in [0, 0.1) is 0 Å². The Morgan fingerprint density at radius 3 is 2.82 bits per heavy atom. The zero-order chi connectivity index (χ0) is 19.7. The van der Waals surface area contributed by atoms with Crippen LogP contribution in [0.15, 0.2) is 16.9 Å². The molecule has 2 aromatic heterocycles. The fraction of sp³-hybridized carbons (Fsp3) is 0.650. The molecule has 8 heteroatoms. The summed E-state index contributed by atoms with van der Waals surface area (Å²) in [6.07, 6.45) is 4.27. The number of amides is 1. The van der Waals surface area contributed by atoms with Crippen molar-refractivity contribution in [2.45, 2.75) is 51.1 Å². The second-order valence-electron chi connectivity index (χ2n) is 8.14. The average molecular weight is 387 g/mol. The zero-order valence-corrected chi connectivity index (χ0v) is 16.9. The quantitative estimate of drug-likeness (QED) is 0.845. The van der Waals surface area contributed by atoms with Crippen LogP contribution in [0.3, 0.4) is 0 Å². The van der Waals surface area contributed by atoms with Crippen LogP contribution < -0.4 is 0 Å². The molecule has 0 aromatic carbocycles. The van der Waals surface area contributed by atoms with Crippen LogP contribution in [-0.2, 0) is 28.0 Å². The lowest BCUT2D eigenvalue weighted by Crippen LogP contribution is -2.58. The topological polar surface area (TPSA) is 87.5 Å². The first kappa shape index (κ1) is 19.1. The van der Waals surface area contributed by atoms with Crippen molar-refractivity contribution in [1.82, 2.24) is 24.9 Å². The highest BCUT2D eigenvalue weighted by Crippen LogP contribution is 2.42. The van der Waals surface area contributed by atoms with E-state index in [0.717, 1.165) is 61.7 Å². The highest BCUT2D eigenvalue weighted by atomic mass is 16.5. The number of methoxy groups -OCH3 is 1. The number of imidazole rings is 1. The predicted molar refractivity (Wildman–Crippen MR) is 103 cm³/mol. The van der Waals surface area contributed by atoms with E-state index in [1.807, 2.05) is 4.90 Å². The first-order chi connectivity index (χ1) is 13.5. The van der Waals surface area contributed by atoms with Crippen molar-refractivity contribution in [1.29, 1.82) is 0 Å². The number of carbonyl (C=O) groups is 1. The average Bonchev–Trinajstić information content (AvgIpc) is 3.34. The van der Waals surface area contributed by atoms with E-state index >= 15 is 0 Å². The van der Waals surface area contributed by atoms with Gasteiger partial charge in [-0.05, 0) is 18.8 Å². The number of fused-ring (bicyclic) bond motifs is 2. The summed E-state index contributed by atoms with van der Waals surface area (Å²) >= 11 is 0. The van der Waals surface area contributed by atoms with Gasteiger partial charge in [0, 0.05) is 44.9 Å². The Morgan fingerprint density at radius 2 is 2.14 bits per heavy atom. The molecular formula is C20H29N5O3. The number of nitrogens with zero attached hydrogens (tertiary/aromatic N) is 4. The molecule has 0 atom stereocenters. The number of likely N-dealkylation sites (tertiary alicyclic amines) is 1. The van der Waals surface area contributed by atoms with Gasteiger partial charge in [0.1, 0.15) is 6.61 Å². The van der Waals surface area contributed by atoms with Gasteiger partial charge in [0.25, 0.3) is 0 Å². The standard InChI is InChI=1S/C20H29N5O3/c1-14(2)17-10-15(28-23-17)11-24-8-5-20(6-9-24)19-16(21-13-22-19)4-7-25(20)18(26)12-27-3/h10,13-14H,4-9,11-12H2,1-3H3,(H,21,22). The van der Waals surface area contributed by atoms with Gasteiger partial charge in [-0.2, -0.15) is 0 Å². The summed E-state index contributed by atoms with van der Waals surface area (Å²) in [4.78, 5) is 25.0.